The molecule has 2 amide bonds. The number of rotatable bonds is 10. The number of carboxylic acids is 1. The second-order valence-electron chi connectivity index (χ2n) is 8.39. The summed E-state index contributed by atoms with van der Waals surface area (Å²) in [4.78, 5) is 40.3. The summed E-state index contributed by atoms with van der Waals surface area (Å²) in [5.41, 5.74) is 4.34. The van der Waals surface area contributed by atoms with Gasteiger partial charge < -0.3 is 25.0 Å². The molecule has 182 valence electrons. The van der Waals surface area contributed by atoms with E-state index < -0.39 is 24.0 Å². The minimum absolute atomic E-state index is 0.0814. The van der Waals surface area contributed by atoms with E-state index in [2.05, 4.69) is 20.8 Å². The number of ether oxygens (including phenoxy) is 1. The van der Waals surface area contributed by atoms with Crippen molar-refractivity contribution >= 4 is 18.0 Å². The van der Waals surface area contributed by atoms with Gasteiger partial charge >= 0.3 is 12.1 Å². The zero-order valence-corrected chi connectivity index (χ0v) is 19.1. The van der Waals surface area contributed by atoms with Crippen molar-refractivity contribution in [3.8, 4) is 11.1 Å². The average Bonchev–Trinajstić information content (AvgIpc) is 3.50. The minimum atomic E-state index is -1.07. The molecule has 1 heterocycles. The molecule has 0 saturated heterocycles. The molecule has 10 heteroatoms. The van der Waals surface area contributed by atoms with E-state index in [-0.39, 0.29) is 37.8 Å². The van der Waals surface area contributed by atoms with E-state index in [9.17, 15) is 14.4 Å². The second kappa shape index (κ2) is 10.8. The number of carbonyl (C=O) groups excluding carboxylic acids is 2. The first-order valence-electron chi connectivity index (χ1n) is 11.3. The molecular weight excluding hydrogens is 452 g/mol. The molecular formula is C25H26N4O6. The van der Waals surface area contributed by atoms with E-state index >= 15 is 0 Å². The van der Waals surface area contributed by atoms with Crippen LogP contribution in [-0.2, 0) is 14.3 Å². The molecule has 2 unspecified atom stereocenters. The van der Waals surface area contributed by atoms with E-state index in [1.807, 2.05) is 48.5 Å². The molecule has 35 heavy (non-hydrogen) atoms. The number of hydrogen-bond donors (Lipinski definition) is 3. The Morgan fingerprint density at radius 1 is 1.09 bits per heavy atom. The fraction of sp³-hybridized carbons (Fsp3) is 0.320. The van der Waals surface area contributed by atoms with Crippen molar-refractivity contribution in [2.24, 2.45) is 0 Å². The summed E-state index contributed by atoms with van der Waals surface area (Å²) in [5, 5.41) is 18.0. The molecule has 1 aromatic heterocycles. The summed E-state index contributed by atoms with van der Waals surface area (Å²) in [7, 11) is 0. The normalized spacial score (nSPS) is 13.9. The van der Waals surface area contributed by atoms with Crippen LogP contribution in [0.15, 0.2) is 59.4 Å². The first-order valence-corrected chi connectivity index (χ1v) is 11.3. The highest BCUT2D eigenvalue weighted by molar-refractivity contribution is 5.86. The van der Waals surface area contributed by atoms with Gasteiger partial charge in [0.2, 0.25) is 12.3 Å². The number of nitrogens with one attached hydrogen (secondary N) is 2. The summed E-state index contributed by atoms with van der Waals surface area (Å²) in [6, 6.07) is 14.8. The molecule has 2 aromatic carbocycles. The maximum atomic E-state index is 12.7. The van der Waals surface area contributed by atoms with Crippen molar-refractivity contribution in [1.82, 2.24) is 20.8 Å². The van der Waals surface area contributed by atoms with Gasteiger partial charge in [-0.25, -0.2) is 4.79 Å². The van der Waals surface area contributed by atoms with Crippen LogP contribution in [0.3, 0.4) is 0 Å². The van der Waals surface area contributed by atoms with Gasteiger partial charge in [0.25, 0.3) is 0 Å². The molecule has 1 aliphatic carbocycles. The van der Waals surface area contributed by atoms with Crippen molar-refractivity contribution in [3.05, 3.63) is 71.9 Å². The number of alkyl carbamates (subject to hydrolysis) is 1. The highest BCUT2D eigenvalue weighted by Gasteiger charge is 2.30. The predicted octanol–water partition coefficient (Wildman–Crippen LogP) is 3.06. The predicted molar refractivity (Wildman–Crippen MR) is 125 cm³/mol. The van der Waals surface area contributed by atoms with Crippen LogP contribution >= 0.6 is 0 Å². The highest BCUT2D eigenvalue weighted by atomic mass is 16.5. The monoisotopic (exact) mass is 478 g/mol. The number of nitrogens with zero attached hydrogens (tertiary/aromatic N) is 2. The Morgan fingerprint density at radius 2 is 1.74 bits per heavy atom. The number of aliphatic carboxylic acids is 1. The Hall–Kier alpha value is -4.21. The van der Waals surface area contributed by atoms with Gasteiger partial charge in [0.1, 0.15) is 12.6 Å². The first-order chi connectivity index (χ1) is 16.9. The van der Waals surface area contributed by atoms with Crippen molar-refractivity contribution in [2.45, 2.75) is 37.6 Å². The molecule has 0 radical (unpaired) electrons. The summed E-state index contributed by atoms with van der Waals surface area (Å²) in [5.74, 6) is -1.52. The van der Waals surface area contributed by atoms with Crippen molar-refractivity contribution in [1.29, 1.82) is 0 Å². The van der Waals surface area contributed by atoms with Gasteiger partial charge in [0.15, 0.2) is 5.82 Å². The molecule has 0 fully saturated rings. The van der Waals surface area contributed by atoms with Crippen LogP contribution in [-0.4, -0.2) is 52.4 Å². The zero-order valence-electron chi connectivity index (χ0n) is 19.1. The van der Waals surface area contributed by atoms with Crippen LogP contribution < -0.4 is 10.6 Å². The molecule has 2 atom stereocenters. The Balaban J connectivity index is 1.37. The van der Waals surface area contributed by atoms with E-state index in [1.165, 1.54) is 6.39 Å². The van der Waals surface area contributed by atoms with Crippen molar-refractivity contribution in [2.75, 3.05) is 13.2 Å². The van der Waals surface area contributed by atoms with Gasteiger partial charge in [0, 0.05) is 24.8 Å². The number of hydrogen-bond acceptors (Lipinski definition) is 7. The van der Waals surface area contributed by atoms with Gasteiger partial charge in [-0.2, -0.15) is 4.98 Å². The van der Waals surface area contributed by atoms with Crippen LogP contribution in [0.25, 0.3) is 11.1 Å². The van der Waals surface area contributed by atoms with Gasteiger partial charge in [-0.1, -0.05) is 60.6 Å². The van der Waals surface area contributed by atoms with Crippen molar-refractivity contribution in [3.63, 3.8) is 0 Å². The first kappa shape index (κ1) is 23.9. The molecule has 0 spiro atoms. The lowest BCUT2D eigenvalue weighted by molar-refractivity contribution is -0.137. The largest absolute Gasteiger partial charge is 0.481 e. The fourth-order valence-electron chi connectivity index (χ4n) is 4.18. The lowest BCUT2D eigenvalue weighted by Gasteiger charge is -2.20. The number of amides is 2. The van der Waals surface area contributed by atoms with Crippen molar-refractivity contribution < 1.29 is 28.8 Å². The molecule has 3 N–H and O–H groups in total. The zero-order chi connectivity index (χ0) is 24.8. The van der Waals surface area contributed by atoms with E-state index in [4.69, 9.17) is 14.4 Å². The summed E-state index contributed by atoms with van der Waals surface area (Å²) < 4.78 is 10.2. The Kier molecular flexibility index (Phi) is 7.39. The summed E-state index contributed by atoms with van der Waals surface area (Å²) in [6.07, 6.45) is 0.0372. The van der Waals surface area contributed by atoms with E-state index in [1.54, 1.807) is 6.92 Å². The fourth-order valence-corrected chi connectivity index (χ4v) is 4.18. The quantitative estimate of drug-likeness (QED) is 0.403. The highest BCUT2D eigenvalue weighted by Crippen LogP contribution is 2.44. The third kappa shape index (κ3) is 5.65. The van der Waals surface area contributed by atoms with Gasteiger partial charge in [-0.05, 0) is 28.7 Å². The molecule has 10 nitrogen and oxygen atoms in total. The molecule has 1 aliphatic rings. The lowest BCUT2D eigenvalue weighted by Crippen LogP contribution is -2.48. The SMILES string of the molecule is CC(CNC(=O)C(CCC(=O)O)NC(=O)OCC1c2ccccc2-c2ccccc21)c1ncon1. The molecule has 0 aliphatic heterocycles. The topological polar surface area (TPSA) is 144 Å². The third-order valence-electron chi connectivity index (χ3n) is 6.00. The standard InChI is InChI=1S/C25H26N4O6/c1-15(23-27-14-35-29-23)12-26-24(32)21(10-11-22(30)31)28-25(33)34-13-20-18-8-4-2-6-16(18)17-7-3-5-9-19(17)20/h2-9,14-15,20-21H,10-13H2,1H3,(H,26,32)(H,28,33)(H,30,31). The molecule has 4 rings (SSSR count). The second-order valence-corrected chi connectivity index (χ2v) is 8.39. The smallest absolute Gasteiger partial charge is 0.407 e. The number of fused-ring (bicyclic) bond motifs is 3. The minimum Gasteiger partial charge on any atom is -0.481 e. The lowest BCUT2D eigenvalue weighted by atomic mass is 9.98. The number of carboxylic acid groups (broad SMARTS) is 1. The number of aromatic nitrogens is 2. The summed E-state index contributed by atoms with van der Waals surface area (Å²) >= 11 is 0. The maximum absolute atomic E-state index is 12.7. The van der Waals surface area contributed by atoms with Gasteiger partial charge in [0.05, 0.1) is 0 Å². The van der Waals surface area contributed by atoms with Crippen LogP contribution in [0.5, 0.6) is 0 Å². The average molecular weight is 479 g/mol. The maximum Gasteiger partial charge on any atom is 0.407 e. The van der Waals surface area contributed by atoms with Crippen LogP contribution in [0.4, 0.5) is 4.79 Å². The number of carbonyl (C=O) groups is 3. The molecule has 0 bridgehead atoms. The Morgan fingerprint density at radius 3 is 2.34 bits per heavy atom. The Labute approximate surface area is 201 Å². The molecule has 0 saturated carbocycles. The van der Waals surface area contributed by atoms with Gasteiger partial charge in [-0.15, -0.1) is 0 Å². The Bertz CT molecular complexity index is 1150. The van der Waals surface area contributed by atoms with E-state index in [0.29, 0.717) is 5.82 Å². The number of benzene rings is 2. The van der Waals surface area contributed by atoms with Crippen LogP contribution in [0.2, 0.25) is 0 Å². The molecule has 3 aromatic rings. The van der Waals surface area contributed by atoms with Crippen LogP contribution in [0, 0.1) is 0 Å². The third-order valence-corrected chi connectivity index (χ3v) is 6.00. The van der Waals surface area contributed by atoms with E-state index in [0.717, 1.165) is 22.3 Å². The summed E-state index contributed by atoms with van der Waals surface area (Å²) in [6.45, 7) is 2.08. The van der Waals surface area contributed by atoms with Gasteiger partial charge in [-0.3, -0.25) is 9.59 Å². The van der Waals surface area contributed by atoms with Crippen LogP contribution in [0.1, 0.15) is 48.6 Å².